The highest BCUT2D eigenvalue weighted by Crippen LogP contribution is 2.24. The van der Waals surface area contributed by atoms with Gasteiger partial charge in [-0.2, -0.15) is 5.10 Å². The fourth-order valence-electron chi connectivity index (χ4n) is 3.17. The number of aliphatic imine (C=N–C) groups is 1. The molecule has 0 spiro atoms. The average molecular weight is 376 g/mol. The second-order valence-corrected chi connectivity index (χ2v) is 7.20. The van der Waals surface area contributed by atoms with Crippen LogP contribution in [0.3, 0.4) is 0 Å². The Bertz CT molecular complexity index is 708. The number of rotatable bonds is 6. The predicted molar refractivity (Wildman–Crippen MR) is 105 cm³/mol. The molecule has 3 rings (SSSR count). The van der Waals surface area contributed by atoms with E-state index in [0.717, 1.165) is 42.5 Å². The topological polar surface area (TPSA) is 63.5 Å². The van der Waals surface area contributed by atoms with Gasteiger partial charge in [0.1, 0.15) is 0 Å². The Balaban J connectivity index is 1.64. The van der Waals surface area contributed by atoms with Crippen molar-refractivity contribution in [1.29, 1.82) is 0 Å². The summed E-state index contributed by atoms with van der Waals surface area (Å²) in [6.07, 6.45) is 5.93. The first-order valence-electron chi connectivity index (χ1n) is 8.93. The van der Waals surface area contributed by atoms with Gasteiger partial charge in [-0.3, -0.25) is 9.67 Å². The van der Waals surface area contributed by atoms with Gasteiger partial charge in [0.15, 0.2) is 5.96 Å². The molecule has 0 saturated carbocycles. The summed E-state index contributed by atoms with van der Waals surface area (Å²) in [4.78, 5) is 4.33. The van der Waals surface area contributed by atoms with Crippen LogP contribution in [0.25, 0.3) is 0 Å². The van der Waals surface area contributed by atoms with E-state index in [1.807, 2.05) is 41.2 Å². The summed E-state index contributed by atoms with van der Waals surface area (Å²) in [7, 11) is 1.78. The molecule has 0 amide bonds. The van der Waals surface area contributed by atoms with Crippen LogP contribution < -0.4 is 10.6 Å². The van der Waals surface area contributed by atoms with Crippen LogP contribution in [0.5, 0.6) is 0 Å². The average Bonchev–Trinajstić information content (AvgIpc) is 3.32. The maximum absolute atomic E-state index is 6.03. The molecule has 140 valence electrons. The predicted octanol–water partition coefficient (Wildman–Crippen LogP) is 2.86. The molecule has 1 aliphatic rings. The molecule has 2 heterocycles. The van der Waals surface area contributed by atoms with Gasteiger partial charge in [0.05, 0.1) is 11.6 Å². The van der Waals surface area contributed by atoms with Gasteiger partial charge in [0.25, 0.3) is 0 Å². The molecule has 0 radical (unpaired) electrons. The van der Waals surface area contributed by atoms with E-state index in [1.165, 1.54) is 0 Å². The second kappa shape index (κ2) is 8.56. The SMILES string of the molecule is CN=C(NCC(c1ccc(Cl)cc1)n1cccn1)NCC1(C)CCCO1. The van der Waals surface area contributed by atoms with Crippen molar-refractivity contribution < 1.29 is 4.74 Å². The van der Waals surface area contributed by atoms with Gasteiger partial charge in [-0.05, 0) is 43.5 Å². The number of hydrogen-bond donors (Lipinski definition) is 2. The molecule has 0 bridgehead atoms. The van der Waals surface area contributed by atoms with Crippen LogP contribution in [0.4, 0.5) is 0 Å². The van der Waals surface area contributed by atoms with Crippen molar-refractivity contribution >= 4 is 17.6 Å². The van der Waals surface area contributed by atoms with Crippen LogP contribution >= 0.6 is 11.6 Å². The second-order valence-electron chi connectivity index (χ2n) is 6.76. The Morgan fingerprint density at radius 2 is 2.19 bits per heavy atom. The number of ether oxygens (including phenoxy) is 1. The number of aromatic nitrogens is 2. The summed E-state index contributed by atoms with van der Waals surface area (Å²) in [5.74, 6) is 0.757. The van der Waals surface area contributed by atoms with Crippen molar-refractivity contribution in [2.45, 2.75) is 31.4 Å². The summed E-state index contributed by atoms with van der Waals surface area (Å²) >= 11 is 6.03. The van der Waals surface area contributed by atoms with Gasteiger partial charge in [0.2, 0.25) is 0 Å². The van der Waals surface area contributed by atoms with Crippen molar-refractivity contribution in [1.82, 2.24) is 20.4 Å². The highest BCUT2D eigenvalue weighted by molar-refractivity contribution is 6.30. The third kappa shape index (κ3) is 4.77. The third-order valence-corrected chi connectivity index (χ3v) is 4.97. The van der Waals surface area contributed by atoms with Crippen molar-refractivity contribution in [2.24, 2.45) is 4.99 Å². The van der Waals surface area contributed by atoms with Crippen molar-refractivity contribution in [2.75, 3.05) is 26.7 Å². The van der Waals surface area contributed by atoms with E-state index in [4.69, 9.17) is 16.3 Å². The van der Waals surface area contributed by atoms with E-state index in [9.17, 15) is 0 Å². The molecular weight excluding hydrogens is 350 g/mol. The monoisotopic (exact) mass is 375 g/mol. The lowest BCUT2D eigenvalue weighted by Gasteiger charge is -2.26. The third-order valence-electron chi connectivity index (χ3n) is 4.72. The minimum atomic E-state index is -0.116. The molecule has 1 fully saturated rings. The molecule has 1 aliphatic heterocycles. The molecule has 2 N–H and O–H groups in total. The first-order chi connectivity index (χ1) is 12.6. The highest BCUT2D eigenvalue weighted by atomic mass is 35.5. The summed E-state index contributed by atoms with van der Waals surface area (Å²) in [5, 5.41) is 11.9. The Labute approximate surface area is 159 Å². The number of nitrogens with one attached hydrogen (secondary N) is 2. The number of halogens is 1. The van der Waals surface area contributed by atoms with Gasteiger partial charge in [-0.1, -0.05) is 23.7 Å². The Kier molecular flexibility index (Phi) is 6.16. The van der Waals surface area contributed by atoms with Crippen molar-refractivity contribution in [3.63, 3.8) is 0 Å². The Morgan fingerprint density at radius 3 is 2.81 bits per heavy atom. The molecule has 2 aromatic rings. The lowest BCUT2D eigenvalue weighted by molar-refractivity contribution is 0.0243. The standard InChI is InChI=1S/C19H26ClN5O/c1-19(9-3-12-26-19)14-23-18(21-2)22-13-17(25-11-4-10-24-25)15-5-7-16(20)8-6-15/h4-8,10-11,17H,3,9,12-14H2,1-2H3,(H2,21,22,23). The van der Waals surface area contributed by atoms with Gasteiger partial charge >= 0.3 is 0 Å². The first-order valence-corrected chi connectivity index (χ1v) is 9.30. The quantitative estimate of drug-likeness (QED) is 0.602. The zero-order valence-electron chi connectivity index (χ0n) is 15.3. The molecule has 0 aliphatic carbocycles. The summed E-state index contributed by atoms with van der Waals surface area (Å²) in [5.41, 5.74) is 1.02. The molecule has 1 aromatic carbocycles. The molecule has 2 unspecified atom stereocenters. The Morgan fingerprint density at radius 1 is 1.38 bits per heavy atom. The van der Waals surface area contributed by atoms with Crippen LogP contribution in [0.1, 0.15) is 31.4 Å². The summed E-state index contributed by atoms with van der Waals surface area (Å²) in [6.45, 7) is 4.36. The van der Waals surface area contributed by atoms with Gasteiger partial charge < -0.3 is 15.4 Å². The number of nitrogens with zero attached hydrogens (tertiary/aromatic N) is 3. The minimum absolute atomic E-state index is 0.0409. The highest BCUT2D eigenvalue weighted by Gasteiger charge is 2.29. The van der Waals surface area contributed by atoms with Crippen LogP contribution in [0, 0.1) is 0 Å². The van der Waals surface area contributed by atoms with E-state index < -0.39 is 0 Å². The molecule has 1 aromatic heterocycles. The van der Waals surface area contributed by atoms with Crippen LogP contribution in [0.15, 0.2) is 47.7 Å². The van der Waals surface area contributed by atoms with Crippen LogP contribution in [0.2, 0.25) is 5.02 Å². The zero-order valence-corrected chi connectivity index (χ0v) is 16.0. The number of guanidine groups is 1. The fourth-order valence-corrected chi connectivity index (χ4v) is 3.30. The van der Waals surface area contributed by atoms with Crippen LogP contribution in [-0.4, -0.2) is 48.1 Å². The maximum atomic E-state index is 6.03. The number of benzene rings is 1. The summed E-state index contributed by atoms with van der Waals surface area (Å²) in [6, 6.07) is 9.82. The molecular formula is C19H26ClN5O. The van der Waals surface area contributed by atoms with Crippen molar-refractivity contribution in [3.05, 3.63) is 53.3 Å². The molecule has 26 heavy (non-hydrogen) atoms. The minimum Gasteiger partial charge on any atom is -0.373 e. The summed E-state index contributed by atoms with van der Waals surface area (Å²) < 4.78 is 7.76. The molecule has 7 heteroatoms. The molecule has 2 atom stereocenters. The van der Waals surface area contributed by atoms with E-state index in [1.54, 1.807) is 13.2 Å². The molecule has 6 nitrogen and oxygen atoms in total. The normalized spacial score (nSPS) is 21.6. The number of hydrogen-bond acceptors (Lipinski definition) is 3. The first kappa shape index (κ1) is 18.7. The van der Waals surface area contributed by atoms with Gasteiger partial charge in [-0.25, -0.2) is 0 Å². The van der Waals surface area contributed by atoms with Gasteiger partial charge in [0, 0.05) is 44.2 Å². The van der Waals surface area contributed by atoms with E-state index in [0.29, 0.717) is 6.54 Å². The zero-order chi connectivity index (χ0) is 18.4. The maximum Gasteiger partial charge on any atom is 0.191 e. The largest absolute Gasteiger partial charge is 0.373 e. The van der Waals surface area contributed by atoms with E-state index in [-0.39, 0.29) is 11.6 Å². The van der Waals surface area contributed by atoms with E-state index in [2.05, 4.69) is 27.6 Å². The van der Waals surface area contributed by atoms with Gasteiger partial charge in [-0.15, -0.1) is 0 Å². The Hall–Kier alpha value is -2.05. The lowest BCUT2D eigenvalue weighted by atomic mass is 10.0. The smallest absolute Gasteiger partial charge is 0.191 e. The van der Waals surface area contributed by atoms with Crippen molar-refractivity contribution in [3.8, 4) is 0 Å². The van der Waals surface area contributed by atoms with E-state index >= 15 is 0 Å². The fraction of sp³-hybridized carbons (Fsp3) is 0.474. The van der Waals surface area contributed by atoms with Crippen LogP contribution in [-0.2, 0) is 4.74 Å². The molecule has 1 saturated heterocycles. The lowest BCUT2D eigenvalue weighted by Crippen LogP contribution is -2.46.